The third-order valence-electron chi connectivity index (χ3n) is 16.0. The molecule has 95 heavy (non-hydrogen) atoms. The van der Waals surface area contributed by atoms with Crippen molar-refractivity contribution in [3.63, 3.8) is 0 Å². The van der Waals surface area contributed by atoms with Gasteiger partial charge in [-0.25, -0.2) is 0 Å². The van der Waals surface area contributed by atoms with Crippen LogP contribution in [-0.2, 0) is 75.2 Å². The van der Waals surface area contributed by atoms with Crippen molar-refractivity contribution >= 4 is 94.5 Å². The van der Waals surface area contributed by atoms with E-state index in [4.69, 9.17) is 40.1 Å². The third kappa shape index (κ3) is 27.5. The van der Waals surface area contributed by atoms with Gasteiger partial charge >= 0.3 is 0 Å². The molecule has 2 aliphatic rings. The number of carbonyl (C=O) groups is 13. The number of likely N-dealkylation sites (tertiary alicyclic amines) is 2. The zero-order chi connectivity index (χ0) is 70.1. The third-order valence-corrected chi connectivity index (χ3v) is 16.7. The fourth-order valence-corrected chi connectivity index (χ4v) is 11.5. The number of hydrogen-bond donors (Lipinski definition) is 15. The fraction of sp³-hybridized carbons (Fsp3) is 0.587. The van der Waals surface area contributed by atoms with E-state index in [-0.39, 0.29) is 83.0 Å². The SMILES string of the molecule is CSCC[C@H](NC(=O)[C@@H](CC(C)C)NC(=O)CNC(=O)[C@H](Cc1ccccc1)NC(=O)[C@@H](Cc1ccccc1)NC(=O)[C@@H](CCC(N)=O)NC(=O)[C@@H](CCC(N)=O)NC(=O)[C@@H]1CCCN1C(=O)[C@H](CCCCN)NC(=O)[C@@H]1CCCN1C(=O)[C@@H](N)CCCN=C(N)N)C(N)=O. The van der Waals surface area contributed by atoms with Crippen LogP contribution < -0.4 is 82.7 Å². The maximum absolute atomic E-state index is 14.7. The number of nitrogens with zero attached hydrogens (tertiary/aromatic N) is 3. The quantitative estimate of drug-likeness (QED) is 0.0173. The molecule has 0 spiro atoms. The number of amides is 13. The van der Waals surface area contributed by atoms with E-state index < -0.39 is 169 Å². The molecule has 31 nitrogen and oxygen atoms in total. The average Bonchev–Trinajstić information content (AvgIpc) is 1.74. The molecule has 4 rings (SSSR count). The summed E-state index contributed by atoms with van der Waals surface area (Å²) in [5.74, 6) is -9.80. The van der Waals surface area contributed by atoms with E-state index in [1.807, 2.05) is 20.1 Å². The van der Waals surface area contributed by atoms with Crippen molar-refractivity contribution in [3.8, 4) is 0 Å². The van der Waals surface area contributed by atoms with Gasteiger partial charge in [0, 0.05) is 45.3 Å². The van der Waals surface area contributed by atoms with Gasteiger partial charge in [0.05, 0.1) is 12.6 Å². The van der Waals surface area contributed by atoms with Crippen LogP contribution in [0.3, 0.4) is 0 Å². The Hall–Kier alpha value is -8.91. The second-order valence-corrected chi connectivity index (χ2v) is 25.1. The Labute approximate surface area is 558 Å². The van der Waals surface area contributed by atoms with Gasteiger partial charge in [0.15, 0.2) is 5.96 Å². The summed E-state index contributed by atoms with van der Waals surface area (Å²) in [6.07, 6.45) is 3.12. The van der Waals surface area contributed by atoms with Crippen molar-refractivity contribution in [1.29, 1.82) is 0 Å². The highest BCUT2D eigenvalue weighted by atomic mass is 32.2. The molecule has 0 aliphatic carbocycles. The van der Waals surface area contributed by atoms with E-state index >= 15 is 0 Å². The van der Waals surface area contributed by atoms with Gasteiger partial charge in [0.2, 0.25) is 76.8 Å². The summed E-state index contributed by atoms with van der Waals surface area (Å²) in [5.41, 5.74) is 40.6. The molecule has 2 aromatic carbocycles. The van der Waals surface area contributed by atoms with Gasteiger partial charge in [-0.2, -0.15) is 11.8 Å². The molecule has 2 saturated heterocycles. The minimum atomic E-state index is -1.64. The molecule has 2 aromatic rings. The van der Waals surface area contributed by atoms with E-state index in [1.165, 1.54) is 21.6 Å². The van der Waals surface area contributed by atoms with Gasteiger partial charge in [0.25, 0.3) is 0 Å². The Bertz CT molecular complexity index is 2960. The van der Waals surface area contributed by atoms with E-state index in [1.54, 1.807) is 60.7 Å². The van der Waals surface area contributed by atoms with E-state index in [0.717, 1.165) is 0 Å². The number of thioether (sulfide) groups is 1. The zero-order valence-corrected chi connectivity index (χ0v) is 55.3. The first-order valence-electron chi connectivity index (χ1n) is 32.2. The number of rotatable bonds is 42. The number of aliphatic imine (C=N–C) groups is 1. The second-order valence-electron chi connectivity index (χ2n) is 24.1. The number of unbranched alkanes of at least 4 members (excludes halogenated alkanes) is 1. The Kier molecular flexibility index (Phi) is 33.9. The van der Waals surface area contributed by atoms with Crippen LogP contribution in [0.5, 0.6) is 0 Å². The van der Waals surface area contributed by atoms with E-state index in [9.17, 15) is 62.3 Å². The van der Waals surface area contributed by atoms with Crippen molar-refractivity contribution in [2.24, 2.45) is 51.0 Å². The molecule has 0 unspecified atom stereocenters. The van der Waals surface area contributed by atoms with E-state index in [2.05, 4.69) is 47.5 Å². The van der Waals surface area contributed by atoms with Crippen LogP contribution in [0.2, 0.25) is 0 Å². The largest absolute Gasteiger partial charge is 0.370 e. The van der Waals surface area contributed by atoms with E-state index in [0.29, 0.717) is 55.4 Å². The molecule has 524 valence electrons. The molecule has 2 fully saturated rings. The van der Waals surface area contributed by atoms with Crippen LogP contribution >= 0.6 is 11.8 Å². The number of guanidine groups is 1. The lowest BCUT2D eigenvalue weighted by Crippen LogP contribution is -2.60. The predicted molar refractivity (Wildman–Crippen MR) is 356 cm³/mol. The highest BCUT2D eigenvalue weighted by Gasteiger charge is 2.42. The lowest BCUT2D eigenvalue weighted by atomic mass is 10.0. The molecule has 0 aromatic heterocycles. The smallest absolute Gasteiger partial charge is 0.245 e. The fourth-order valence-electron chi connectivity index (χ4n) is 11.0. The molecule has 10 atom stereocenters. The van der Waals surface area contributed by atoms with Crippen LogP contribution in [0, 0.1) is 5.92 Å². The Morgan fingerprint density at radius 1 is 0.537 bits per heavy atom. The van der Waals surface area contributed by atoms with Gasteiger partial charge in [-0.1, -0.05) is 74.5 Å². The van der Waals surface area contributed by atoms with Gasteiger partial charge in [-0.05, 0) is 119 Å². The number of nitrogens with one attached hydrogen (secondary N) is 8. The molecule has 22 N–H and O–H groups in total. The van der Waals surface area contributed by atoms with Gasteiger partial charge in [0.1, 0.15) is 54.4 Å². The number of benzene rings is 2. The summed E-state index contributed by atoms with van der Waals surface area (Å²) in [6.45, 7) is 3.86. The molecular weight excluding hydrogens is 1250 g/mol. The van der Waals surface area contributed by atoms with Crippen LogP contribution in [0.25, 0.3) is 0 Å². The van der Waals surface area contributed by atoms with Crippen LogP contribution in [0.4, 0.5) is 0 Å². The monoisotopic (exact) mass is 1350 g/mol. The summed E-state index contributed by atoms with van der Waals surface area (Å²) >= 11 is 1.45. The number of hydrogen-bond acceptors (Lipinski definition) is 17. The van der Waals surface area contributed by atoms with Gasteiger partial charge in [-0.3, -0.25) is 67.3 Å². The van der Waals surface area contributed by atoms with Gasteiger partial charge in [-0.15, -0.1) is 0 Å². The topological polar surface area (TPSA) is 519 Å². The standard InChI is InChI=1S/C63H98N18O13S/c1-37(2)33-45(57(89)74-41(53(68)85)27-32-95-3)73-52(84)36-72-54(86)46(34-38-15-6-4-7-16-38)78-58(90)47(35-39-17-8-5-9-18-39)79-56(88)42(23-25-50(66)82)75-55(87)43(24-26-51(67)83)76-59(91)49-22-14-31-81(49)62(94)44(20-10-11-28-64)77-60(92)48-21-13-30-80(48)61(93)40(65)19-12-29-71-63(69)70/h4-9,15-18,37,40-49H,10-14,19-36,64-65H2,1-3H3,(H2,66,82)(H2,67,83)(H2,68,85)(H,72,86)(H,73,84)(H,74,89)(H,75,87)(H,76,91)(H,77,92)(H,78,90)(H,79,88)(H4,69,70,71)/t40-,41-,42+,43+,44-,45+,46-,47+,48-,49-/m0/s1. The predicted octanol–water partition coefficient (Wildman–Crippen LogP) is -3.71. The maximum atomic E-state index is 14.7. The first-order chi connectivity index (χ1) is 45.2. The zero-order valence-electron chi connectivity index (χ0n) is 54.5. The maximum Gasteiger partial charge on any atom is 0.245 e. The van der Waals surface area contributed by atoms with Crippen LogP contribution in [0.15, 0.2) is 65.7 Å². The highest BCUT2D eigenvalue weighted by molar-refractivity contribution is 7.98. The van der Waals surface area contributed by atoms with Crippen molar-refractivity contribution in [1.82, 2.24) is 52.3 Å². The minimum Gasteiger partial charge on any atom is -0.370 e. The minimum absolute atomic E-state index is 0.0736. The van der Waals surface area contributed by atoms with Crippen molar-refractivity contribution < 1.29 is 62.3 Å². The Morgan fingerprint density at radius 3 is 1.51 bits per heavy atom. The lowest BCUT2D eigenvalue weighted by Gasteiger charge is -2.32. The molecular formula is C63H98N18O13S. The molecule has 13 amide bonds. The number of primary amides is 3. The lowest BCUT2D eigenvalue weighted by molar-refractivity contribution is -0.144. The first-order valence-corrected chi connectivity index (χ1v) is 33.6. The average molecular weight is 1350 g/mol. The first kappa shape index (κ1) is 78.5. The summed E-state index contributed by atoms with van der Waals surface area (Å²) < 4.78 is 0. The summed E-state index contributed by atoms with van der Waals surface area (Å²) in [5, 5.41) is 21.1. The summed E-state index contributed by atoms with van der Waals surface area (Å²) in [6, 6.07) is 4.51. The molecule has 32 heteroatoms. The number of carbonyl (C=O) groups excluding carboxylic acids is 13. The number of nitrogens with two attached hydrogens (primary N) is 7. The highest BCUT2D eigenvalue weighted by Crippen LogP contribution is 2.24. The van der Waals surface area contributed by atoms with Crippen molar-refractivity contribution in [2.75, 3.05) is 44.7 Å². The molecule has 0 radical (unpaired) electrons. The molecule has 2 heterocycles. The molecule has 0 bridgehead atoms. The Morgan fingerprint density at radius 2 is 1.01 bits per heavy atom. The molecule has 0 saturated carbocycles. The van der Waals surface area contributed by atoms with Crippen molar-refractivity contribution in [3.05, 3.63) is 71.8 Å². The van der Waals surface area contributed by atoms with Crippen LogP contribution in [-0.4, -0.2) is 198 Å². The summed E-state index contributed by atoms with van der Waals surface area (Å²) in [4.78, 5) is 185. The van der Waals surface area contributed by atoms with Gasteiger partial charge < -0.3 is 92.5 Å². The normalized spacial score (nSPS) is 16.8. The molecule has 2 aliphatic heterocycles. The summed E-state index contributed by atoms with van der Waals surface area (Å²) in [7, 11) is 0. The van der Waals surface area contributed by atoms with Crippen molar-refractivity contribution in [2.45, 2.75) is 183 Å². The second kappa shape index (κ2) is 41.0. The Balaban J connectivity index is 1.56. The van der Waals surface area contributed by atoms with Crippen LogP contribution in [0.1, 0.15) is 121 Å².